The van der Waals surface area contributed by atoms with Crippen molar-refractivity contribution in [1.29, 1.82) is 0 Å². The Morgan fingerprint density at radius 1 is 1.05 bits per heavy atom. The molecule has 2 aromatic heterocycles. The molecule has 4 heterocycles. The van der Waals surface area contributed by atoms with Crippen LogP contribution in [-0.4, -0.2) is 51.8 Å². The number of aryl methyl sites for hydroxylation is 1. The maximum Gasteiger partial charge on any atom is 0.266 e. The van der Waals surface area contributed by atoms with Crippen LogP contribution in [0.15, 0.2) is 59.7 Å². The zero-order valence-corrected chi connectivity index (χ0v) is 26.1. The first-order valence-electron chi connectivity index (χ1n) is 14.5. The molecule has 10 heteroatoms. The molecular formula is C32H42ClF2N5O2. The molecule has 2 fully saturated rings. The summed E-state index contributed by atoms with van der Waals surface area (Å²) in [5.41, 5.74) is 0.253. The van der Waals surface area contributed by atoms with Crippen LogP contribution < -0.4 is 10.5 Å². The van der Waals surface area contributed by atoms with Gasteiger partial charge in [0.25, 0.3) is 5.56 Å². The molecule has 2 aliphatic heterocycles. The number of rotatable bonds is 3. The van der Waals surface area contributed by atoms with Crippen LogP contribution in [0.25, 0.3) is 0 Å². The molecular weight excluding hydrogens is 560 g/mol. The van der Waals surface area contributed by atoms with Crippen molar-refractivity contribution in [2.24, 2.45) is 24.8 Å². The Balaban J connectivity index is 0.000000413. The van der Waals surface area contributed by atoms with Gasteiger partial charge < -0.3 is 9.80 Å². The van der Waals surface area contributed by atoms with E-state index in [2.05, 4.69) is 44.7 Å². The van der Waals surface area contributed by atoms with Gasteiger partial charge in [0.15, 0.2) is 11.6 Å². The summed E-state index contributed by atoms with van der Waals surface area (Å²) in [6, 6.07) is 10.9. The molecule has 5 rings (SSSR count). The number of anilines is 1. The normalized spacial score (nSPS) is 23.4. The molecule has 3 atom stereocenters. The number of nitrogens with zero attached hydrogens (tertiary/aromatic N) is 5. The van der Waals surface area contributed by atoms with Gasteiger partial charge in [-0.05, 0) is 54.2 Å². The van der Waals surface area contributed by atoms with Crippen molar-refractivity contribution in [1.82, 2.24) is 19.7 Å². The monoisotopic (exact) mass is 601 g/mol. The summed E-state index contributed by atoms with van der Waals surface area (Å²) in [4.78, 5) is 32.7. The molecule has 3 unspecified atom stereocenters. The van der Waals surface area contributed by atoms with Crippen LogP contribution in [0, 0.1) is 29.4 Å². The van der Waals surface area contributed by atoms with Gasteiger partial charge in [0.1, 0.15) is 5.82 Å². The smallest absolute Gasteiger partial charge is 0.266 e. The molecule has 0 radical (unpaired) electrons. The van der Waals surface area contributed by atoms with Gasteiger partial charge in [0.05, 0.1) is 10.9 Å². The lowest BCUT2D eigenvalue weighted by molar-refractivity contribution is -0.139. The molecule has 2 saturated heterocycles. The molecule has 0 N–H and O–H groups in total. The fourth-order valence-electron chi connectivity index (χ4n) is 5.61. The van der Waals surface area contributed by atoms with Crippen molar-refractivity contribution in [3.05, 3.63) is 87.4 Å². The predicted octanol–water partition coefficient (Wildman–Crippen LogP) is 6.11. The summed E-state index contributed by atoms with van der Waals surface area (Å²) in [5, 5.41) is 4.98. The first kappa shape index (κ1) is 33.2. The first-order valence-corrected chi connectivity index (χ1v) is 14.9. The van der Waals surface area contributed by atoms with Crippen LogP contribution >= 0.6 is 11.6 Å². The van der Waals surface area contributed by atoms with E-state index >= 15 is 0 Å². The van der Waals surface area contributed by atoms with Gasteiger partial charge in [-0.2, -0.15) is 5.10 Å². The molecule has 1 amide bonds. The van der Waals surface area contributed by atoms with Crippen LogP contribution in [0.2, 0.25) is 5.02 Å². The summed E-state index contributed by atoms with van der Waals surface area (Å²) in [6.07, 6.45) is 5.27. The lowest BCUT2D eigenvalue weighted by Crippen LogP contribution is -2.55. The molecule has 3 aromatic rings. The van der Waals surface area contributed by atoms with Crippen LogP contribution in [0.1, 0.15) is 53.0 Å². The topological polar surface area (TPSA) is 71.3 Å². The molecule has 42 heavy (non-hydrogen) atoms. The van der Waals surface area contributed by atoms with Gasteiger partial charge in [-0.3, -0.25) is 14.6 Å². The highest BCUT2D eigenvalue weighted by Crippen LogP contribution is 2.44. The van der Waals surface area contributed by atoms with Crippen molar-refractivity contribution >= 4 is 23.3 Å². The van der Waals surface area contributed by atoms with E-state index in [-0.39, 0.29) is 34.6 Å². The molecule has 2 aliphatic rings. The quantitative estimate of drug-likeness (QED) is 0.362. The minimum atomic E-state index is -0.843. The summed E-state index contributed by atoms with van der Waals surface area (Å²) in [5.74, 6) is -0.799. The third kappa shape index (κ3) is 7.73. The van der Waals surface area contributed by atoms with E-state index in [1.807, 2.05) is 9.80 Å². The molecule has 7 nitrogen and oxygen atoms in total. The Morgan fingerprint density at radius 3 is 2.24 bits per heavy atom. The highest BCUT2D eigenvalue weighted by Gasteiger charge is 2.46. The van der Waals surface area contributed by atoms with E-state index in [4.69, 9.17) is 11.6 Å². The van der Waals surface area contributed by atoms with Crippen molar-refractivity contribution in [2.45, 2.75) is 52.9 Å². The Morgan fingerprint density at radius 2 is 1.71 bits per heavy atom. The molecule has 0 aliphatic carbocycles. The van der Waals surface area contributed by atoms with Gasteiger partial charge in [-0.1, -0.05) is 58.7 Å². The van der Waals surface area contributed by atoms with Crippen molar-refractivity contribution in [3.8, 4) is 0 Å². The van der Waals surface area contributed by atoms with Crippen LogP contribution in [0.5, 0.6) is 0 Å². The predicted molar refractivity (Wildman–Crippen MR) is 164 cm³/mol. The second-order valence-electron chi connectivity index (χ2n) is 11.4. The Kier molecular flexibility index (Phi) is 11.6. The van der Waals surface area contributed by atoms with E-state index in [9.17, 15) is 18.4 Å². The Labute approximate surface area is 252 Å². The molecule has 0 bridgehead atoms. The highest BCUT2D eigenvalue weighted by molar-refractivity contribution is 6.30. The van der Waals surface area contributed by atoms with Crippen molar-refractivity contribution in [3.63, 3.8) is 0 Å². The standard InChI is InChI=1S/C24H30F2N4O2.C5H4ClN.C3H8/c1-15-12-30(13-16(2)24(15,3)18-5-6-19(25)20(26)11-18)23(32)17-9-10-29(14-17)21-7-8-22(31)28(4)27-21;6-5-2-1-3-7-4-5;1-3-2/h5-8,11,15-17H,9-10,12-14H2,1-4H3;1-4H;3H2,1-2H3. The number of amides is 1. The highest BCUT2D eigenvalue weighted by atomic mass is 35.5. The van der Waals surface area contributed by atoms with Crippen molar-refractivity contribution in [2.75, 3.05) is 31.1 Å². The average Bonchev–Trinajstić information content (AvgIpc) is 3.45. The number of carbonyl (C=O) groups is 1. The Hall–Kier alpha value is -3.33. The number of aromatic nitrogens is 3. The fraction of sp³-hybridized carbons (Fsp3) is 0.500. The lowest BCUT2D eigenvalue weighted by Gasteiger charge is -2.50. The maximum atomic E-state index is 13.9. The minimum Gasteiger partial charge on any atom is -0.354 e. The first-order chi connectivity index (χ1) is 19.9. The maximum absolute atomic E-state index is 13.9. The summed E-state index contributed by atoms with van der Waals surface area (Å²) < 4.78 is 28.7. The van der Waals surface area contributed by atoms with Gasteiger partial charge >= 0.3 is 0 Å². The number of benzene rings is 1. The number of likely N-dealkylation sites (tertiary alicyclic amines) is 1. The van der Waals surface area contributed by atoms with E-state index < -0.39 is 11.6 Å². The van der Waals surface area contributed by atoms with Crippen molar-refractivity contribution < 1.29 is 13.6 Å². The summed E-state index contributed by atoms with van der Waals surface area (Å²) in [7, 11) is 1.62. The summed E-state index contributed by atoms with van der Waals surface area (Å²) >= 11 is 5.48. The van der Waals surface area contributed by atoms with Gasteiger partial charge in [0, 0.05) is 57.1 Å². The molecule has 0 spiro atoms. The van der Waals surface area contributed by atoms with Gasteiger partial charge in [-0.25, -0.2) is 13.5 Å². The van der Waals surface area contributed by atoms with E-state index in [0.717, 1.165) is 12.0 Å². The molecule has 0 saturated carbocycles. The van der Waals surface area contributed by atoms with Crippen LogP contribution in [-0.2, 0) is 17.3 Å². The number of halogens is 3. The lowest BCUT2D eigenvalue weighted by atomic mass is 9.62. The van der Waals surface area contributed by atoms with E-state index in [0.29, 0.717) is 37.0 Å². The largest absolute Gasteiger partial charge is 0.354 e. The SMILES string of the molecule is CC1CN(C(=O)C2CCN(c3ccc(=O)n(C)n3)C2)CC(C)C1(C)c1ccc(F)c(F)c1.CCC.Clc1cccnc1. The molecule has 228 valence electrons. The molecule has 1 aromatic carbocycles. The third-order valence-electron chi connectivity index (χ3n) is 8.32. The zero-order chi connectivity index (χ0) is 31.0. The second-order valence-corrected chi connectivity index (χ2v) is 11.9. The number of hydrogen-bond donors (Lipinski definition) is 0. The van der Waals surface area contributed by atoms with E-state index in [1.54, 1.807) is 43.7 Å². The number of pyridine rings is 1. The second kappa shape index (κ2) is 14.7. The number of carbonyl (C=O) groups excluding carboxylic acids is 1. The minimum absolute atomic E-state index is 0.0860. The van der Waals surface area contributed by atoms with E-state index in [1.165, 1.54) is 29.3 Å². The fourth-order valence-corrected chi connectivity index (χ4v) is 5.74. The number of piperidine rings is 1. The van der Waals surface area contributed by atoms with Crippen LogP contribution in [0.4, 0.5) is 14.6 Å². The third-order valence-corrected chi connectivity index (χ3v) is 8.55. The van der Waals surface area contributed by atoms with Gasteiger partial charge in [-0.15, -0.1) is 0 Å². The van der Waals surface area contributed by atoms with Crippen LogP contribution in [0.3, 0.4) is 0 Å². The number of hydrogen-bond acceptors (Lipinski definition) is 5. The zero-order valence-electron chi connectivity index (χ0n) is 25.4. The average molecular weight is 602 g/mol. The summed E-state index contributed by atoms with van der Waals surface area (Å²) in [6.45, 7) is 12.9. The Bertz CT molecular complexity index is 1370. The van der Waals surface area contributed by atoms with Gasteiger partial charge in [0.2, 0.25) is 5.91 Å².